The molecule has 2 aromatic heterocycles. The highest BCUT2D eigenvalue weighted by molar-refractivity contribution is 8.04. The summed E-state index contributed by atoms with van der Waals surface area (Å²) in [6, 6.07) is 9.22. The summed E-state index contributed by atoms with van der Waals surface area (Å²) in [6.45, 7) is 0. The summed E-state index contributed by atoms with van der Waals surface area (Å²) < 4.78 is 4.91. The molecule has 0 spiro atoms. The van der Waals surface area contributed by atoms with Crippen LogP contribution >= 0.6 is 23.4 Å². The van der Waals surface area contributed by atoms with Gasteiger partial charge in [-0.15, -0.1) is 5.10 Å². The molecule has 0 atom stereocenters. The number of carboxylic acids is 1. The van der Waals surface area contributed by atoms with Gasteiger partial charge in [0.15, 0.2) is 5.82 Å². The number of furan rings is 1. The Balaban J connectivity index is 1.82. The molecular weight excluding hydrogens is 384 g/mol. The zero-order valence-corrected chi connectivity index (χ0v) is 14.3. The van der Waals surface area contributed by atoms with Crippen molar-refractivity contribution in [2.24, 2.45) is 0 Å². The van der Waals surface area contributed by atoms with E-state index in [1.165, 1.54) is 6.07 Å². The van der Waals surface area contributed by atoms with Gasteiger partial charge in [0.2, 0.25) is 5.16 Å². The van der Waals surface area contributed by atoms with Crippen molar-refractivity contribution in [1.29, 1.82) is 0 Å². The van der Waals surface area contributed by atoms with Crippen LogP contribution in [-0.4, -0.2) is 26.1 Å². The molecule has 0 radical (unpaired) electrons. The first-order chi connectivity index (χ1) is 12.4. The average molecular weight is 392 g/mol. The lowest BCUT2D eigenvalue weighted by Gasteiger charge is -2.04. The number of halogens is 1. The smallest absolute Gasteiger partial charge is 0.433 e. The van der Waals surface area contributed by atoms with Crippen molar-refractivity contribution >= 4 is 41.3 Å². The maximum Gasteiger partial charge on any atom is 0.433 e. The van der Waals surface area contributed by atoms with Gasteiger partial charge in [0.25, 0.3) is 0 Å². The van der Waals surface area contributed by atoms with Gasteiger partial charge < -0.3 is 14.3 Å². The van der Waals surface area contributed by atoms with E-state index in [1.54, 1.807) is 24.3 Å². The van der Waals surface area contributed by atoms with E-state index in [9.17, 15) is 20.0 Å². The number of carbonyl (C=O) groups is 1. The maximum atomic E-state index is 11.3. The lowest BCUT2D eigenvalue weighted by Crippen LogP contribution is -2.23. The number of nitrogens with one attached hydrogen (secondary N) is 1. The van der Waals surface area contributed by atoms with Crippen LogP contribution in [0.15, 0.2) is 50.9 Å². The Morgan fingerprint density at radius 3 is 2.62 bits per heavy atom. The van der Waals surface area contributed by atoms with Crippen LogP contribution in [0.2, 0.25) is 5.02 Å². The van der Waals surface area contributed by atoms with Crippen molar-refractivity contribution in [1.82, 2.24) is 15.2 Å². The summed E-state index contributed by atoms with van der Waals surface area (Å²) in [5.41, 5.74) is 0.717. The van der Waals surface area contributed by atoms with E-state index in [4.69, 9.17) is 16.0 Å². The van der Waals surface area contributed by atoms with Crippen molar-refractivity contribution < 1.29 is 19.2 Å². The summed E-state index contributed by atoms with van der Waals surface area (Å²) in [5, 5.41) is 29.2. The normalized spacial score (nSPS) is 11.5. The van der Waals surface area contributed by atoms with Crippen LogP contribution in [0.5, 0.6) is 0 Å². The van der Waals surface area contributed by atoms with Gasteiger partial charge in [0.1, 0.15) is 10.7 Å². The van der Waals surface area contributed by atoms with E-state index >= 15 is 0 Å². The summed E-state index contributed by atoms with van der Waals surface area (Å²) in [6.07, 6.45) is 1.10. The number of nitro groups is 1. The number of H-pyrrole nitrogens is 1. The number of thioether (sulfide) groups is 1. The Labute approximate surface area is 154 Å². The Morgan fingerprint density at radius 2 is 2.00 bits per heavy atom. The van der Waals surface area contributed by atoms with Crippen LogP contribution < -0.4 is 5.11 Å². The molecule has 0 fully saturated rings. The molecule has 1 N–H and O–H groups in total. The minimum absolute atomic E-state index is 0.00291. The highest BCUT2D eigenvalue weighted by atomic mass is 35.5. The molecule has 0 aliphatic carbocycles. The molecule has 26 heavy (non-hydrogen) atoms. The molecule has 0 amide bonds. The topological polar surface area (TPSA) is 138 Å². The standard InChI is InChI=1S/C15H9ClN4O5S/c16-9-3-1-8(2-4-9)13-17-15(19-18-13)26-11(14(21)22)7-10-5-6-12(25-10)20(23)24/h1-7H,(H,21,22)(H,17,18,19)/p-1/b11-7-. The SMILES string of the molecule is O=C([O-])/C(=C/c1ccc([N+](=O)[O-])o1)Sc1n[nH]c(-c2ccc(Cl)cc2)n1. The Kier molecular flexibility index (Phi) is 5.05. The van der Waals surface area contributed by atoms with Gasteiger partial charge in [0.05, 0.1) is 12.0 Å². The summed E-state index contributed by atoms with van der Waals surface area (Å²) in [4.78, 5) is 25.1. The lowest BCUT2D eigenvalue weighted by atomic mass is 10.2. The highest BCUT2D eigenvalue weighted by Crippen LogP contribution is 2.28. The van der Waals surface area contributed by atoms with Gasteiger partial charge in [0, 0.05) is 15.5 Å². The molecule has 0 aliphatic rings. The van der Waals surface area contributed by atoms with E-state index in [1.807, 2.05) is 0 Å². The van der Waals surface area contributed by atoms with Crippen molar-refractivity contribution in [3.8, 4) is 11.4 Å². The minimum atomic E-state index is -1.49. The van der Waals surface area contributed by atoms with Crippen LogP contribution in [0.3, 0.4) is 0 Å². The predicted octanol–water partition coefficient (Wildman–Crippen LogP) is 2.51. The fourth-order valence-corrected chi connectivity index (χ4v) is 2.71. The quantitative estimate of drug-likeness (QED) is 0.292. The number of aromatic amines is 1. The van der Waals surface area contributed by atoms with E-state index < -0.39 is 16.8 Å². The molecule has 1 aromatic carbocycles. The minimum Gasteiger partial charge on any atom is -0.544 e. The number of aromatic nitrogens is 3. The first kappa shape index (κ1) is 17.7. The first-order valence-electron chi connectivity index (χ1n) is 6.96. The maximum absolute atomic E-state index is 11.3. The van der Waals surface area contributed by atoms with Crippen molar-refractivity contribution in [3.63, 3.8) is 0 Å². The number of carboxylic acid groups (broad SMARTS) is 1. The zero-order valence-electron chi connectivity index (χ0n) is 12.7. The average Bonchev–Trinajstić information content (AvgIpc) is 3.24. The monoisotopic (exact) mass is 391 g/mol. The third-order valence-electron chi connectivity index (χ3n) is 3.05. The van der Waals surface area contributed by atoms with Gasteiger partial charge in [-0.1, -0.05) is 11.6 Å². The molecule has 0 saturated heterocycles. The van der Waals surface area contributed by atoms with Gasteiger partial charge in [-0.05, 0) is 48.2 Å². The van der Waals surface area contributed by atoms with Crippen LogP contribution in [0, 0.1) is 10.1 Å². The molecule has 3 rings (SSSR count). The predicted molar refractivity (Wildman–Crippen MR) is 91.0 cm³/mol. The second-order valence-electron chi connectivity index (χ2n) is 4.80. The first-order valence-corrected chi connectivity index (χ1v) is 8.15. The van der Waals surface area contributed by atoms with Gasteiger partial charge in [-0.3, -0.25) is 15.2 Å². The van der Waals surface area contributed by atoms with Crippen molar-refractivity contribution in [2.45, 2.75) is 5.16 Å². The third-order valence-corrected chi connectivity index (χ3v) is 4.17. The van der Waals surface area contributed by atoms with Crippen LogP contribution in [0.25, 0.3) is 17.5 Å². The van der Waals surface area contributed by atoms with Crippen molar-refractivity contribution in [2.75, 3.05) is 0 Å². The van der Waals surface area contributed by atoms with Gasteiger partial charge >= 0.3 is 5.88 Å². The molecule has 0 bridgehead atoms. The molecule has 11 heteroatoms. The number of aliphatic carboxylic acids is 1. The Morgan fingerprint density at radius 1 is 1.27 bits per heavy atom. The van der Waals surface area contributed by atoms with Crippen LogP contribution in [0.1, 0.15) is 5.76 Å². The summed E-state index contributed by atoms with van der Waals surface area (Å²) in [7, 11) is 0. The summed E-state index contributed by atoms with van der Waals surface area (Å²) in [5.74, 6) is -1.57. The zero-order chi connectivity index (χ0) is 18.7. The highest BCUT2D eigenvalue weighted by Gasteiger charge is 2.14. The molecular formula is C15H8ClN4O5S-. The number of hydrogen-bond donors (Lipinski definition) is 1. The number of benzene rings is 1. The van der Waals surface area contributed by atoms with Gasteiger partial charge in [-0.25, -0.2) is 4.98 Å². The third kappa shape index (κ3) is 4.10. The largest absolute Gasteiger partial charge is 0.544 e. The van der Waals surface area contributed by atoms with E-state index in [2.05, 4.69) is 15.2 Å². The molecule has 0 unspecified atom stereocenters. The number of hydrogen-bond acceptors (Lipinski definition) is 8. The lowest BCUT2D eigenvalue weighted by molar-refractivity contribution is -0.402. The number of rotatable bonds is 6. The summed E-state index contributed by atoms with van der Waals surface area (Å²) >= 11 is 6.54. The van der Waals surface area contributed by atoms with E-state index in [-0.39, 0.29) is 15.8 Å². The molecule has 0 saturated carbocycles. The molecule has 0 aliphatic heterocycles. The number of carbonyl (C=O) groups excluding carboxylic acids is 1. The second kappa shape index (κ2) is 7.42. The number of nitrogens with zero attached hydrogens (tertiary/aromatic N) is 3. The van der Waals surface area contributed by atoms with E-state index in [0.29, 0.717) is 10.8 Å². The molecule has 132 valence electrons. The van der Waals surface area contributed by atoms with Gasteiger partial charge in [-0.2, -0.15) is 0 Å². The Bertz CT molecular complexity index is 996. The molecule has 9 nitrogen and oxygen atoms in total. The van der Waals surface area contributed by atoms with Crippen molar-refractivity contribution in [3.05, 3.63) is 62.2 Å². The fraction of sp³-hybridized carbons (Fsp3) is 0. The van der Waals surface area contributed by atoms with Crippen LogP contribution in [-0.2, 0) is 4.79 Å². The fourth-order valence-electron chi connectivity index (χ4n) is 1.90. The van der Waals surface area contributed by atoms with Crippen LogP contribution in [0.4, 0.5) is 5.88 Å². The molecule has 2 heterocycles. The molecule has 3 aromatic rings. The van der Waals surface area contributed by atoms with E-state index in [0.717, 1.165) is 29.5 Å². The second-order valence-corrected chi connectivity index (χ2v) is 6.25. The Hall–Kier alpha value is -3.11.